The van der Waals surface area contributed by atoms with Gasteiger partial charge in [-0.25, -0.2) is 4.79 Å². The van der Waals surface area contributed by atoms with Gasteiger partial charge in [0, 0.05) is 33.1 Å². The van der Waals surface area contributed by atoms with Gasteiger partial charge in [-0.3, -0.25) is 9.59 Å². The van der Waals surface area contributed by atoms with E-state index in [2.05, 4.69) is 5.32 Å². The second-order valence-electron chi connectivity index (χ2n) is 5.38. The molecule has 21 heavy (non-hydrogen) atoms. The first-order valence-corrected chi connectivity index (χ1v) is 7.49. The summed E-state index contributed by atoms with van der Waals surface area (Å²) in [4.78, 5) is 37.2. The van der Waals surface area contributed by atoms with E-state index < -0.39 is 5.97 Å². The highest BCUT2D eigenvalue weighted by molar-refractivity contribution is 5.84. The normalized spacial score (nSPS) is 14.0. The predicted molar refractivity (Wildman–Crippen MR) is 77.9 cm³/mol. The van der Waals surface area contributed by atoms with Crippen molar-refractivity contribution in [3.63, 3.8) is 0 Å². The third kappa shape index (κ3) is 6.97. The second kappa shape index (κ2) is 9.20. The highest BCUT2D eigenvalue weighted by Gasteiger charge is 2.20. The summed E-state index contributed by atoms with van der Waals surface area (Å²) < 4.78 is 0. The number of urea groups is 1. The fourth-order valence-electron chi connectivity index (χ4n) is 2.25. The van der Waals surface area contributed by atoms with Crippen molar-refractivity contribution in [2.24, 2.45) is 0 Å². The Hall–Kier alpha value is -1.79. The zero-order chi connectivity index (χ0) is 15.7. The van der Waals surface area contributed by atoms with Gasteiger partial charge in [0.15, 0.2) is 0 Å². The van der Waals surface area contributed by atoms with Gasteiger partial charge in [0.25, 0.3) is 0 Å². The molecule has 2 N–H and O–H groups in total. The molecule has 1 fully saturated rings. The van der Waals surface area contributed by atoms with Crippen molar-refractivity contribution < 1.29 is 19.5 Å². The molecular weight excluding hydrogens is 274 g/mol. The number of unbranched alkanes of at least 4 members (excludes halogenated alkanes) is 2. The number of nitrogens with one attached hydrogen (secondary N) is 1. The molecule has 0 unspecified atom stereocenters. The molecule has 0 atom stereocenters. The molecule has 0 aromatic carbocycles. The number of likely N-dealkylation sites (N-methyl/N-ethyl adjacent to an activating group) is 1. The van der Waals surface area contributed by atoms with Crippen LogP contribution in [0.1, 0.15) is 38.5 Å². The molecule has 1 aliphatic heterocycles. The molecule has 0 bridgehead atoms. The monoisotopic (exact) mass is 299 g/mol. The standard InChI is InChI=1S/C14H25N3O4/c1-16(11-12(18)17-9-5-6-10-17)14(21)15-8-4-2-3-7-13(19)20/h2-11H2,1H3,(H,15,21)(H,19,20). The number of carbonyl (C=O) groups is 3. The van der Waals surface area contributed by atoms with E-state index in [1.165, 1.54) is 4.90 Å². The lowest BCUT2D eigenvalue weighted by atomic mass is 10.2. The summed E-state index contributed by atoms with van der Waals surface area (Å²) >= 11 is 0. The van der Waals surface area contributed by atoms with Crippen LogP contribution in [0.5, 0.6) is 0 Å². The molecule has 0 radical (unpaired) electrons. The molecule has 0 aliphatic carbocycles. The summed E-state index contributed by atoms with van der Waals surface area (Å²) in [5.41, 5.74) is 0. The van der Waals surface area contributed by atoms with E-state index in [1.54, 1.807) is 11.9 Å². The van der Waals surface area contributed by atoms with Crippen LogP contribution in [0.3, 0.4) is 0 Å². The molecule has 0 aromatic heterocycles. The number of carbonyl (C=O) groups excluding carboxylic acids is 2. The van der Waals surface area contributed by atoms with E-state index in [0.29, 0.717) is 13.0 Å². The van der Waals surface area contributed by atoms with Gasteiger partial charge in [-0.15, -0.1) is 0 Å². The molecule has 0 aromatic rings. The van der Waals surface area contributed by atoms with Crippen molar-refractivity contribution in [3.05, 3.63) is 0 Å². The Labute approximate surface area is 125 Å². The number of hydrogen-bond donors (Lipinski definition) is 2. The van der Waals surface area contributed by atoms with Crippen LogP contribution in [-0.2, 0) is 9.59 Å². The molecule has 3 amide bonds. The third-order valence-electron chi connectivity index (χ3n) is 3.52. The van der Waals surface area contributed by atoms with Gasteiger partial charge in [0.1, 0.15) is 6.54 Å². The van der Waals surface area contributed by atoms with Crippen molar-refractivity contribution in [1.29, 1.82) is 0 Å². The average molecular weight is 299 g/mol. The van der Waals surface area contributed by atoms with Gasteiger partial charge in [-0.1, -0.05) is 6.42 Å². The van der Waals surface area contributed by atoms with Crippen molar-refractivity contribution in [1.82, 2.24) is 15.1 Å². The molecule has 1 heterocycles. The van der Waals surface area contributed by atoms with Crippen LogP contribution < -0.4 is 5.32 Å². The van der Waals surface area contributed by atoms with Gasteiger partial charge in [0.2, 0.25) is 5.91 Å². The first-order chi connectivity index (χ1) is 10.0. The maximum Gasteiger partial charge on any atom is 0.317 e. The molecule has 0 saturated carbocycles. The molecule has 1 saturated heterocycles. The minimum Gasteiger partial charge on any atom is -0.481 e. The van der Waals surface area contributed by atoms with E-state index >= 15 is 0 Å². The maximum absolute atomic E-state index is 11.9. The lowest BCUT2D eigenvalue weighted by Crippen LogP contribution is -2.44. The van der Waals surface area contributed by atoms with Crippen LogP contribution in [0, 0.1) is 0 Å². The van der Waals surface area contributed by atoms with Gasteiger partial charge in [-0.05, 0) is 25.7 Å². The smallest absolute Gasteiger partial charge is 0.317 e. The molecule has 1 aliphatic rings. The van der Waals surface area contributed by atoms with Gasteiger partial charge < -0.3 is 20.2 Å². The van der Waals surface area contributed by atoms with E-state index in [-0.39, 0.29) is 24.9 Å². The summed E-state index contributed by atoms with van der Waals surface area (Å²) in [7, 11) is 1.60. The van der Waals surface area contributed by atoms with Crippen LogP contribution in [-0.4, -0.2) is 66.0 Å². The van der Waals surface area contributed by atoms with Crippen molar-refractivity contribution in [3.8, 4) is 0 Å². The fraction of sp³-hybridized carbons (Fsp3) is 0.786. The number of nitrogens with zero attached hydrogens (tertiary/aromatic N) is 2. The number of carboxylic acid groups (broad SMARTS) is 1. The zero-order valence-corrected chi connectivity index (χ0v) is 12.6. The first-order valence-electron chi connectivity index (χ1n) is 7.49. The minimum atomic E-state index is -0.792. The van der Waals surface area contributed by atoms with E-state index in [9.17, 15) is 14.4 Å². The summed E-state index contributed by atoms with van der Waals surface area (Å²) in [6.07, 6.45) is 4.37. The number of likely N-dealkylation sites (tertiary alicyclic amines) is 1. The quantitative estimate of drug-likeness (QED) is 0.651. The zero-order valence-electron chi connectivity index (χ0n) is 12.6. The van der Waals surface area contributed by atoms with E-state index in [1.807, 2.05) is 0 Å². The third-order valence-corrected chi connectivity index (χ3v) is 3.52. The first kappa shape index (κ1) is 17.3. The fourth-order valence-corrected chi connectivity index (χ4v) is 2.25. The molecule has 1 rings (SSSR count). The van der Waals surface area contributed by atoms with E-state index in [0.717, 1.165) is 38.8 Å². The van der Waals surface area contributed by atoms with Gasteiger partial charge in [0.05, 0.1) is 0 Å². The van der Waals surface area contributed by atoms with Gasteiger partial charge >= 0.3 is 12.0 Å². The Morgan fingerprint density at radius 2 is 1.81 bits per heavy atom. The number of carboxylic acids is 1. The Bertz CT molecular complexity index is 367. The lowest BCUT2D eigenvalue weighted by molar-refractivity contribution is -0.137. The number of hydrogen-bond acceptors (Lipinski definition) is 3. The van der Waals surface area contributed by atoms with Crippen molar-refractivity contribution in [2.45, 2.75) is 38.5 Å². The van der Waals surface area contributed by atoms with Crippen LogP contribution in [0.15, 0.2) is 0 Å². The molecular formula is C14H25N3O4. The molecule has 0 spiro atoms. The second-order valence-corrected chi connectivity index (χ2v) is 5.38. The SMILES string of the molecule is CN(CC(=O)N1CCCC1)C(=O)NCCCCCC(=O)O. The largest absolute Gasteiger partial charge is 0.481 e. The predicted octanol–water partition coefficient (Wildman–Crippen LogP) is 0.895. The molecule has 7 nitrogen and oxygen atoms in total. The number of rotatable bonds is 8. The Kier molecular flexibility index (Phi) is 7.56. The Morgan fingerprint density at radius 1 is 1.14 bits per heavy atom. The summed E-state index contributed by atoms with van der Waals surface area (Å²) in [6.45, 7) is 2.18. The Balaban J connectivity index is 2.10. The molecule has 7 heteroatoms. The lowest BCUT2D eigenvalue weighted by Gasteiger charge is -2.21. The summed E-state index contributed by atoms with van der Waals surface area (Å²) in [5.74, 6) is -0.800. The highest BCUT2D eigenvalue weighted by atomic mass is 16.4. The summed E-state index contributed by atoms with van der Waals surface area (Å²) in [6, 6.07) is -0.263. The maximum atomic E-state index is 11.9. The topological polar surface area (TPSA) is 90.0 Å². The number of amides is 3. The van der Waals surface area contributed by atoms with Crippen LogP contribution in [0.25, 0.3) is 0 Å². The van der Waals surface area contributed by atoms with Crippen LogP contribution >= 0.6 is 0 Å². The minimum absolute atomic E-state index is 0.00777. The summed E-state index contributed by atoms with van der Waals surface area (Å²) in [5, 5.41) is 11.2. The molecule has 120 valence electrons. The van der Waals surface area contributed by atoms with Gasteiger partial charge in [-0.2, -0.15) is 0 Å². The van der Waals surface area contributed by atoms with Crippen molar-refractivity contribution in [2.75, 3.05) is 33.2 Å². The van der Waals surface area contributed by atoms with E-state index in [4.69, 9.17) is 5.11 Å². The average Bonchev–Trinajstić information content (AvgIpc) is 2.96. The Morgan fingerprint density at radius 3 is 2.43 bits per heavy atom. The van der Waals surface area contributed by atoms with Crippen LogP contribution in [0.4, 0.5) is 4.79 Å². The number of aliphatic carboxylic acids is 1. The highest BCUT2D eigenvalue weighted by Crippen LogP contribution is 2.07. The van der Waals surface area contributed by atoms with Crippen LogP contribution in [0.2, 0.25) is 0 Å². The van der Waals surface area contributed by atoms with Crippen molar-refractivity contribution >= 4 is 17.9 Å².